The molecule has 1 aliphatic rings. The quantitative estimate of drug-likeness (QED) is 0.633. The van der Waals surface area contributed by atoms with Crippen LogP contribution in [0.1, 0.15) is 12.0 Å². The maximum absolute atomic E-state index is 10.9. The molecule has 0 amide bonds. The third-order valence-corrected chi connectivity index (χ3v) is 3.32. The lowest BCUT2D eigenvalue weighted by Crippen LogP contribution is -2.43. The maximum atomic E-state index is 10.9. The summed E-state index contributed by atoms with van der Waals surface area (Å²) < 4.78 is 0. The molecule has 2 rings (SSSR count). The van der Waals surface area contributed by atoms with E-state index in [1.807, 2.05) is 12.1 Å². The van der Waals surface area contributed by atoms with Gasteiger partial charge in [0.1, 0.15) is 0 Å². The zero-order chi connectivity index (χ0) is 12.8. The molecule has 1 fully saturated rings. The Balaban J connectivity index is 1.84. The highest BCUT2D eigenvalue weighted by Crippen LogP contribution is 2.19. The molecule has 0 aromatic heterocycles. The average molecular weight is 249 g/mol. The standard InChI is InChI=1S/C13H19N3O2/c17-16(18)13-6-2-1-4-12(13)5-3-9-15-10-7-14-8-11-15/h1-2,4,6,14H,3,5,7-11H2. The second-order valence-corrected chi connectivity index (χ2v) is 4.58. The smallest absolute Gasteiger partial charge is 0.272 e. The molecule has 1 heterocycles. The minimum absolute atomic E-state index is 0.248. The van der Waals surface area contributed by atoms with E-state index in [1.54, 1.807) is 12.1 Å². The van der Waals surface area contributed by atoms with Gasteiger partial charge in [0.2, 0.25) is 0 Å². The van der Waals surface area contributed by atoms with Gasteiger partial charge in [-0.3, -0.25) is 10.1 Å². The fourth-order valence-electron chi connectivity index (χ4n) is 2.33. The number of benzene rings is 1. The van der Waals surface area contributed by atoms with E-state index in [1.165, 1.54) is 0 Å². The normalized spacial score (nSPS) is 16.7. The molecule has 0 saturated carbocycles. The third kappa shape index (κ3) is 3.51. The van der Waals surface area contributed by atoms with Crippen molar-refractivity contribution in [3.05, 3.63) is 39.9 Å². The Hall–Kier alpha value is -1.46. The zero-order valence-electron chi connectivity index (χ0n) is 10.5. The molecule has 0 aliphatic carbocycles. The van der Waals surface area contributed by atoms with E-state index >= 15 is 0 Å². The lowest BCUT2D eigenvalue weighted by atomic mass is 10.1. The second kappa shape index (κ2) is 6.47. The van der Waals surface area contributed by atoms with Crippen LogP contribution >= 0.6 is 0 Å². The minimum atomic E-state index is -0.292. The van der Waals surface area contributed by atoms with E-state index in [4.69, 9.17) is 0 Å². The number of nitrogens with zero attached hydrogens (tertiary/aromatic N) is 2. The predicted molar refractivity (Wildman–Crippen MR) is 70.7 cm³/mol. The highest BCUT2D eigenvalue weighted by molar-refractivity contribution is 5.39. The summed E-state index contributed by atoms with van der Waals surface area (Å²) in [5.41, 5.74) is 1.09. The molecule has 0 spiro atoms. The molecule has 0 radical (unpaired) electrons. The first kappa shape index (κ1) is 13.0. The highest BCUT2D eigenvalue weighted by Gasteiger charge is 2.13. The first-order valence-corrected chi connectivity index (χ1v) is 6.43. The summed E-state index contributed by atoms with van der Waals surface area (Å²) in [6, 6.07) is 7.03. The third-order valence-electron chi connectivity index (χ3n) is 3.32. The van der Waals surface area contributed by atoms with Crippen molar-refractivity contribution in [3.8, 4) is 0 Å². The Morgan fingerprint density at radius 1 is 1.28 bits per heavy atom. The van der Waals surface area contributed by atoms with Crippen molar-refractivity contribution in [3.63, 3.8) is 0 Å². The summed E-state index contributed by atoms with van der Waals surface area (Å²) in [5.74, 6) is 0. The summed E-state index contributed by atoms with van der Waals surface area (Å²) in [5, 5.41) is 14.2. The van der Waals surface area contributed by atoms with Gasteiger partial charge in [-0.15, -0.1) is 0 Å². The van der Waals surface area contributed by atoms with Gasteiger partial charge in [0.25, 0.3) is 5.69 Å². The van der Waals surface area contributed by atoms with Crippen molar-refractivity contribution in [2.45, 2.75) is 12.8 Å². The van der Waals surface area contributed by atoms with Gasteiger partial charge in [0.15, 0.2) is 0 Å². The lowest BCUT2D eigenvalue weighted by Gasteiger charge is -2.26. The number of nitro benzene ring substituents is 1. The van der Waals surface area contributed by atoms with Crippen molar-refractivity contribution in [1.29, 1.82) is 0 Å². The van der Waals surface area contributed by atoms with Crippen LogP contribution in [-0.2, 0) is 6.42 Å². The van der Waals surface area contributed by atoms with Gasteiger partial charge < -0.3 is 10.2 Å². The monoisotopic (exact) mass is 249 g/mol. The maximum Gasteiger partial charge on any atom is 0.272 e. The SMILES string of the molecule is O=[N+]([O-])c1ccccc1CCCN1CCNCC1. The number of nitro groups is 1. The summed E-state index contributed by atoms with van der Waals surface area (Å²) in [6.07, 6.45) is 1.76. The van der Waals surface area contributed by atoms with Gasteiger partial charge in [-0.1, -0.05) is 18.2 Å². The van der Waals surface area contributed by atoms with Crippen molar-refractivity contribution in [2.24, 2.45) is 0 Å². The number of aryl methyl sites for hydroxylation is 1. The van der Waals surface area contributed by atoms with E-state index in [2.05, 4.69) is 10.2 Å². The zero-order valence-corrected chi connectivity index (χ0v) is 10.5. The van der Waals surface area contributed by atoms with E-state index in [9.17, 15) is 10.1 Å². The van der Waals surface area contributed by atoms with Crippen molar-refractivity contribution in [1.82, 2.24) is 10.2 Å². The van der Waals surface area contributed by atoms with Gasteiger partial charge in [-0.2, -0.15) is 0 Å². The summed E-state index contributed by atoms with van der Waals surface area (Å²) >= 11 is 0. The van der Waals surface area contributed by atoms with Crippen LogP contribution in [0.5, 0.6) is 0 Å². The molecule has 98 valence electrons. The molecule has 1 aromatic rings. The molecule has 0 unspecified atom stereocenters. The van der Waals surface area contributed by atoms with Gasteiger partial charge in [-0.05, 0) is 19.4 Å². The van der Waals surface area contributed by atoms with Crippen LogP contribution in [-0.4, -0.2) is 42.5 Å². The Kier molecular flexibility index (Phi) is 4.66. The molecule has 0 atom stereocenters. The van der Waals surface area contributed by atoms with E-state index in [-0.39, 0.29) is 10.6 Å². The van der Waals surface area contributed by atoms with Crippen LogP contribution in [0.2, 0.25) is 0 Å². The van der Waals surface area contributed by atoms with Crippen molar-refractivity contribution >= 4 is 5.69 Å². The number of hydrogen-bond acceptors (Lipinski definition) is 4. The second-order valence-electron chi connectivity index (χ2n) is 4.58. The molecule has 0 bridgehead atoms. The fraction of sp³-hybridized carbons (Fsp3) is 0.538. The Morgan fingerprint density at radius 2 is 2.00 bits per heavy atom. The molecule has 1 saturated heterocycles. The Morgan fingerprint density at radius 3 is 2.72 bits per heavy atom. The van der Waals surface area contributed by atoms with Crippen LogP contribution in [0.25, 0.3) is 0 Å². The average Bonchev–Trinajstić information content (AvgIpc) is 2.40. The van der Waals surface area contributed by atoms with Crippen LogP contribution < -0.4 is 5.32 Å². The molecular formula is C13H19N3O2. The number of nitrogens with one attached hydrogen (secondary N) is 1. The van der Waals surface area contributed by atoms with Crippen LogP contribution in [0.15, 0.2) is 24.3 Å². The Bertz CT molecular complexity index is 403. The first-order chi connectivity index (χ1) is 8.77. The largest absolute Gasteiger partial charge is 0.314 e. The fourth-order valence-corrected chi connectivity index (χ4v) is 2.33. The van der Waals surface area contributed by atoms with Gasteiger partial charge in [0, 0.05) is 37.8 Å². The van der Waals surface area contributed by atoms with Gasteiger partial charge in [-0.25, -0.2) is 0 Å². The predicted octanol–water partition coefficient (Wildman–Crippen LogP) is 1.43. The van der Waals surface area contributed by atoms with Crippen LogP contribution in [0, 0.1) is 10.1 Å². The van der Waals surface area contributed by atoms with E-state index < -0.39 is 0 Å². The van der Waals surface area contributed by atoms with Gasteiger partial charge in [0.05, 0.1) is 4.92 Å². The molecule has 5 heteroatoms. The lowest BCUT2D eigenvalue weighted by molar-refractivity contribution is -0.385. The van der Waals surface area contributed by atoms with Crippen LogP contribution in [0.4, 0.5) is 5.69 Å². The number of rotatable bonds is 5. The first-order valence-electron chi connectivity index (χ1n) is 6.43. The molecule has 18 heavy (non-hydrogen) atoms. The molecule has 1 N–H and O–H groups in total. The van der Waals surface area contributed by atoms with Crippen LogP contribution in [0.3, 0.4) is 0 Å². The van der Waals surface area contributed by atoms with Crippen molar-refractivity contribution < 1.29 is 4.92 Å². The number of para-hydroxylation sites is 1. The molecule has 1 aromatic carbocycles. The molecule has 5 nitrogen and oxygen atoms in total. The highest BCUT2D eigenvalue weighted by atomic mass is 16.6. The summed E-state index contributed by atoms with van der Waals surface area (Å²) in [6.45, 7) is 5.28. The number of hydrogen-bond donors (Lipinski definition) is 1. The molecule has 1 aliphatic heterocycles. The molecular weight excluding hydrogens is 230 g/mol. The summed E-state index contributed by atoms with van der Waals surface area (Å²) in [7, 11) is 0. The van der Waals surface area contributed by atoms with E-state index in [0.717, 1.165) is 51.1 Å². The minimum Gasteiger partial charge on any atom is -0.314 e. The van der Waals surface area contributed by atoms with E-state index in [0.29, 0.717) is 0 Å². The van der Waals surface area contributed by atoms with Gasteiger partial charge >= 0.3 is 0 Å². The topological polar surface area (TPSA) is 58.4 Å². The Labute approximate surface area is 107 Å². The van der Waals surface area contributed by atoms with Crippen molar-refractivity contribution in [2.75, 3.05) is 32.7 Å². The summed E-state index contributed by atoms with van der Waals surface area (Å²) in [4.78, 5) is 13.0. The number of piperazine rings is 1.